The molecule has 0 saturated heterocycles. The summed E-state index contributed by atoms with van der Waals surface area (Å²) in [4.78, 5) is 37.1. The van der Waals surface area contributed by atoms with Gasteiger partial charge in [0.1, 0.15) is 5.82 Å². The molecule has 1 aromatic carbocycles. The Balaban J connectivity index is 0.000000913. The number of nitrogens with one attached hydrogen (secondary N) is 1. The lowest BCUT2D eigenvalue weighted by molar-refractivity contribution is -0.117. The number of anilines is 1. The lowest BCUT2D eigenvalue weighted by Gasteiger charge is -2.18. The number of pyridine rings is 1. The van der Waals surface area contributed by atoms with Crippen LogP contribution in [0, 0.1) is 18.8 Å². The van der Waals surface area contributed by atoms with Crippen molar-refractivity contribution in [1.29, 1.82) is 0 Å². The molecule has 0 atom stereocenters. The highest BCUT2D eigenvalue weighted by Gasteiger charge is 2.29. The summed E-state index contributed by atoms with van der Waals surface area (Å²) in [5.41, 5.74) is 14.6. The van der Waals surface area contributed by atoms with Crippen molar-refractivity contribution in [1.82, 2.24) is 4.98 Å². The number of carbonyl (C=O) groups is 3. The van der Waals surface area contributed by atoms with E-state index >= 15 is 0 Å². The molecule has 2 aromatic rings. The van der Waals surface area contributed by atoms with Gasteiger partial charge in [0.15, 0.2) is 0 Å². The van der Waals surface area contributed by atoms with Crippen LogP contribution in [0.15, 0.2) is 30.5 Å². The molecule has 0 aliphatic heterocycles. The van der Waals surface area contributed by atoms with Gasteiger partial charge in [-0.1, -0.05) is 31.7 Å². The Morgan fingerprint density at radius 3 is 2.38 bits per heavy atom. The summed E-state index contributed by atoms with van der Waals surface area (Å²) in [5.74, 6) is 1.13. The summed E-state index contributed by atoms with van der Waals surface area (Å²) in [6.07, 6.45) is 11.1. The van der Waals surface area contributed by atoms with E-state index in [4.69, 9.17) is 10.5 Å². The Morgan fingerprint density at radius 1 is 1.12 bits per heavy atom. The monoisotopic (exact) mass is 436 g/mol. The molecule has 7 heteroatoms. The molecular weight excluding hydrogens is 404 g/mol. The number of nitrogens with zero attached hydrogens (tertiary/aromatic N) is 1. The average molecular weight is 437 g/mol. The van der Waals surface area contributed by atoms with Gasteiger partial charge in [-0.25, -0.2) is 4.98 Å². The van der Waals surface area contributed by atoms with E-state index in [-0.39, 0.29) is 24.1 Å². The Kier molecular flexibility index (Phi) is 7.98. The molecule has 3 amide bonds. The van der Waals surface area contributed by atoms with Crippen molar-refractivity contribution < 1.29 is 14.4 Å². The van der Waals surface area contributed by atoms with Crippen molar-refractivity contribution in [3.8, 4) is 11.1 Å². The second kappa shape index (κ2) is 10.9. The van der Waals surface area contributed by atoms with Gasteiger partial charge in [0.25, 0.3) is 0 Å². The number of carbonyl (C=O) groups excluding carboxylic acids is 3. The van der Waals surface area contributed by atoms with Crippen molar-refractivity contribution in [2.24, 2.45) is 23.3 Å². The lowest BCUT2D eigenvalue weighted by atomic mass is 9.87. The molecule has 1 heterocycles. The van der Waals surface area contributed by atoms with Crippen LogP contribution >= 0.6 is 0 Å². The molecule has 0 unspecified atom stereocenters. The number of aromatic nitrogens is 1. The normalized spacial score (nSPS) is 15.5. The van der Waals surface area contributed by atoms with Gasteiger partial charge >= 0.3 is 0 Å². The number of nitrogens with two attached hydrogens (primary N) is 2. The largest absolute Gasteiger partial charge is 0.372 e. The first-order chi connectivity index (χ1) is 15.4. The fourth-order valence-electron chi connectivity index (χ4n) is 4.49. The van der Waals surface area contributed by atoms with Crippen LogP contribution in [-0.2, 0) is 16.0 Å². The van der Waals surface area contributed by atoms with E-state index in [0.29, 0.717) is 11.4 Å². The first-order valence-electron chi connectivity index (χ1n) is 11.3. The van der Waals surface area contributed by atoms with Crippen LogP contribution in [0.5, 0.6) is 0 Å². The van der Waals surface area contributed by atoms with Gasteiger partial charge in [-0.2, -0.15) is 0 Å². The molecule has 170 valence electrons. The van der Waals surface area contributed by atoms with Crippen LogP contribution in [0.4, 0.5) is 5.82 Å². The molecule has 2 fully saturated rings. The van der Waals surface area contributed by atoms with E-state index in [0.717, 1.165) is 53.9 Å². The molecule has 0 radical (unpaired) electrons. The molecule has 2 saturated carbocycles. The zero-order chi connectivity index (χ0) is 23.1. The number of amides is 3. The Labute approximate surface area is 189 Å². The van der Waals surface area contributed by atoms with Gasteiger partial charge in [-0.15, -0.1) is 0 Å². The minimum atomic E-state index is -0.381. The van der Waals surface area contributed by atoms with E-state index < -0.39 is 0 Å². The van der Waals surface area contributed by atoms with Crippen molar-refractivity contribution in [3.05, 3.63) is 47.2 Å². The number of hydrogen-bond acceptors (Lipinski definition) is 4. The van der Waals surface area contributed by atoms with E-state index in [2.05, 4.69) is 23.0 Å². The maximum atomic E-state index is 12.1. The minimum Gasteiger partial charge on any atom is -0.372 e. The van der Waals surface area contributed by atoms with Crippen molar-refractivity contribution >= 4 is 24.0 Å². The van der Waals surface area contributed by atoms with Gasteiger partial charge in [0.2, 0.25) is 18.2 Å². The summed E-state index contributed by atoms with van der Waals surface area (Å²) in [6, 6.07) is 7.62. The molecular formula is C25H32N4O3. The Hall–Kier alpha value is -3.22. The molecule has 7 nitrogen and oxygen atoms in total. The molecule has 2 aliphatic rings. The van der Waals surface area contributed by atoms with Gasteiger partial charge in [-0.3, -0.25) is 14.4 Å². The highest BCUT2D eigenvalue weighted by atomic mass is 16.2. The molecule has 2 aliphatic carbocycles. The summed E-state index contributed by atoms with van der Waals surface area (Å²) < 4.78 is 0. The predicted octanol–water partition coefficient (Wildman–Crippen LogP) is 3.73. The predicted molar refractivity (Wildman–Crippen MR) is 125 cm³/mol. The third-order valence-corrected chi connectivity index (χ3v) is 6.32. The van der Waals surface area contributed by atoms with Crippen LogP contribution in [0.25, 0.3) is 11.1 Å². The van der Waals surface area contributed by atoms with E-state index in [1.807, 2.05) is 24.3 Å². The number of primary amides is 2. The van der Waals surface area contributed by atoms with E-state index in [9.17, 15) is 9.59 Å². The summed E-state index contributed by atoms with van der Waals surface area (Å²) in [6.45, 7) is 2.06. The van der Waals surface area contributed by atoms with Gasteiger partial charge in [0, 0.05) is 23.2 Å². The highest BCUT2D eigenvalue weighted by Crippen LogP contribution is 2.35. The highest BCUT2D eigenvalue weighted by molar-refractivity contribution is 5.97. The molecule has 1 aromatic heterocycles. The molecule has 0 bridgehead atoms. The fraction of sp³-hybridized carbons (Fsp3) is 0.440. The van der Waals surface area contributed by atoms with Crippen LogP contribution in [0.1, 0.15) is 66.4 Å². The van der Waals surface area contributed by atoms with Crippen molar-refractivity contribution in [2.75, 3.05) is 5.32 Å². The second-order valence-electron chi connectivity index (χ2n) is 8.67. The smallest absolute Gasteiger partial charge is 0.248 e. The maximum Gasteiger partial charge on any atom is 0.248 e. The minimum absolute atomic E-state index is 0.0504. The van der Waals surface area contributed by atoms with Crippen molar-refractivity contribution in [2.45, 2.75) is 58.3 Å². The SMILES string of the molecule is Cc1ccc(C(N)=O)c(CCC2CCCC2)c1-c1ccc(NC(=O)C2CC2)nc1.NC=O. The molecule has 0 spiro atoms. The van der Waals surface area contributed by atoms with Crippen LogP contribution in [-0.4, -0.2) is 23.2 Å². The van der Waals surface area contributed by atoms with Gasteiger partial charge in [0.05, 0.1) is 0 Å². The Bertz CT molecular complexity index is 962. The number of hydrogen-bond donors (Lipinski definition) is 3. The number of rotatable bonds is 7. The summed E-state index contributed by atoms with van der Waals surface area (Å²) in [5, 5.41) is 2.88. The first kappa shape index (κ1) is 23.4. The van der Waals surface area contributed by atoms with Crippen LogP contribution in [0.3, 0.4) is 0 Å². The number of aryl methyl sites for hydroxylation is 1. The maximum absolute atomic E-state index is 12.1. The zero-order valence-corrected chi connectivity index (χ0v) is 18.6. The van der Waals surface area contributed by atoms with Gasteiger partial charge < -0.3 is 16.8 Å². The first-order valence-corrected chi connectivity index (χ1v) is 11.3. The number of benzene rings is 1. The standard InChI is InChI=1S/C24H29N3O2.CH3NO/c1-15-6-11-20(23(25)28)19(12-7-16-4-2-3-5-16)22(15)18-10-13-21(26-14-18)27-24(29)17-8-9-17;2-1-3/h6,10-11,13-14,16-17H,2-5,7-9,12H2,1H3,(H2,25,28)(H,26,27,29);1H,(H2,2,3). The van der Waals surface area contributed by atoms with Gasteiger partial charge in [-0.05, 0) is 73.4 Å². The van der Waals surface area contributed by atoms with Crippen molar-refractivity contribution in [3.63, 3.8) is 0 Å². The zero-order valence-electron chi connectivity index (χ0n) is 18.6. The Morgan fingerprint density at radius 2 is 1.81 bits per heavy atom. The topological polar surface area (TPSA) is 128 Å². The molecule has 32 heavy (non-hydrogen) atoms. The third kappa shape index (κ3) is 5.93. The van der Waals surface area contributed by atoms with E-state index in [1.54, 1.807) is 6.20 Å². The summed E-state index contributed by atoms with van der Waals surface area (Å²) >= 11 is 0. The lowest BCUT2D eigenvalue weighted by Crippen LogP contribution is -2.16. The van der Waals surface area contributed by atoms with Crippen LogP contribution in [0.2, 0.25) is 0 Å². The quantitative estimate of drug-likeness (QED) is 0.571. The molecule has 5 N–H and O–H groups in total. The average Bonchev–Trinajstić information content (AvgIpc) is 3.49. The third-order valence-electron chi connectivity index (χ3n) is 6.32. The second-order valence-corrected chi connectivity index (χ2v) is 8.67. The van der Waals surface area contributed by atoms with E-state index in [1.165, 1.54) is 25.7 Å². The molecule has 4 rings (SSSR count). The summed E-state index contributed by atoms with van der Waals surface area (Å²) in [7, 11) is 0. The fourth-order valence-corrected chi connectivity index (χ4v) is 4.49. The van der Waals surface area contributed by atoms with Crippen LogP contribution < -0.4 is 16.8 Å².